The fraction of sp³-hybridized carbons (Fsp3) is 0.333. The number of nitrogens with one attached hydrogen (secondary N) is 2. The highest BCUT2D eigenvalue weighted by molar-refractivity contribution is 6.09. The van der Waals surface area contributed by atoms with E-state index in [9.17, 15) is 9.59 Å². The largest absolute Gasteiger partial charge is 0.493 e. The Kier molecular flexibility index (Phi) is 9.99. The highest BCUT2D eigenvalue weighted by Crippen LogP contribution is 2.28. The molecular weight excluding hydrogens is 394 g/mol. The number of benzene rings is 2. The van der Waals surface area contributed by atoms with Gasteiger partial charge >= 0.3 is 0 Å². The zero-order valence-corrected chi connectivity index (χ0v) is 18.0. The predicted octanol–water partition coefficient (Wildman–Crippen LogP) is 3.06. The smallest absolute Gasteiger partial charge is 0.255 e. The van der Waals surface area contributed by atoms with Crippen LogP contribution >= 0.6 is 12.4 Å². The highest BCUT2D eigenvalue weighted by atomic mass is 35.5. The standard InChI is InChI=1S/C21H27N3O4.ClH/c1-24(2)13-7-12-22-21(26)16-8-5-6-9-17(16)23-20(25)15-10-11-18(27-3)19(14-15)28-4;/h5-6,8-11,14H,7,12-13H2,1-4H3,(H,22,26)(H,23,25);1H. The van der Waals surface area contributed by atoms with Crippen LogP contribution in [0.15, 0.2) is 42.5 Å². The average Bonchev–Trinajstić information content (AvgIpc) is 2.70. The first-order chi connectivity index (χ1) is 13.5. The molecule has 0 aliphatic carbocycles. The van der Waals surface area contributed by atoms with Crippen LogP contribution in [0, 0.1) is 0 Å². The summed E-state index contributed by atoms with van der Waals surface area (Å²) >= 11 is 0. The molecule has 0 aliphatic rings. The van der Waals surface area contributed by atoms with Gasteiger partial charge in [0.2, 0.25) is 0 Å². The second kappa shape index (κ2) is 11.9. The minimum Gasteiger partial charge on any atom is -0.493 e. The van der Waals surface area contributed by atoms with E-state index in [2.05, 4.69) is 15.5 Å². The van der Waals surface area contributed by atoms with Gasteiger partial charge in [-0.1, -0.05) is 12.1 Å². The van der Waals surface area contributed by atoms with Crippen molar-refractivity contribution in [3.63, 3.8) is 0 Å². The first kappa shape index (κ1) is 24.3. The molecule has 8 heteroatoms. The minimum absolute atomic E-state index is 0. The van der Waals surface area contributed by atoms with Crippen molar-refractivity contribution in [1.82, 2.24) is 10.2 Å². The van der Waals surface area contributed by atoms with Crippen molar-refractivity contribution in [3.8, 4) is 11.5 Å². The number of carbonyl (C=O) groups excluding carboxylic acids is 2. The van der Waals surface area contributed by atoms with Crippen molar-refractivity contribution < 1.29 is 19.1 Å². The number of nitrogens with zero attached hydrogens (tertiary/aromatic N) is 1. The zero-order chi connectivity index (χ0) is 20.5. The van der Waals surface area contributed by atoms with Gasteiger partial charge in [-0.05, 0) is 57.4 Å². The van der Waals surface area contributed by atoms with Gasteiger partial charge < -0.3 is 25.0 Å². The Balaban J connectivity index is 0.00000420. The maximum absolute atomic E-state index is 12.6. The quantitative estimate of drug-likeness (QED) is 0.608. The summed E-state index contributed by atoms with van der Waals surface area (Å²) in [6, 6.07) is 11.8. The predicted molar refractivity (Wildman–Crippen MR) is 117 cm³/mol. The van der Waals surface area contributed by atoms with Gasteiger partial charge in [-0.25, -0.2) is 0 Å². The topological polar surface area (TPSA) is 79.9 Å². The highest BCUT2D eigenvalue weighted by Gasteiger charge is 2.15. The molecule has 158 valence electrons. The van der Waals surface area contributed by atoms with E-state index in [-0.39, 0.29) is 24.2 Å². The summed E-state index contributed by atoms with van der Waals surface area (Å²) in [5.74, 6) is 0.439. The number of rotatable bonds is 9. The van der Waals surface area contributed by atoms with Gasteiger partial charge in [-0.2, -0.15) is 0 Å². The third-order valence-electron chi connectivity index (χ3n) is 4.13. The Hall–Kier alpha value is -2.77. The zero-order valence-electron chi connectivity index (χ0n) is 17.2. The van der Waals surface area contributed by atoms with E-state index in [0.29, 0.717) is 34.9 Å². The Bertz CT molecular complexity index is 827. The Morgan fingerprint density at radius 3 is 2.31 bits per heavy atom. The molecule has 0 bridgehead atoms. The monoisotopic (exact) mass is 421 g/mol. The van der Waals surface area contributed by atoms with E-state index in [1.807, 2.05) is 14.1 Å². The Morgan fingerprint density at radius 1 is 0.966 bits per heavy atom. The first-order valence-corrected chi connectivity index (χ1v) is 9.01. The van der Waals surface area contributed by atoms with E-state index in [0.717, 1.165) is 13.0 Å². The summed E-state index contributed by atoms with van der Waals surface area (Å²) in [7, 11) is 7.02. The molecule has 2 N–H and O–H groups in total. The summed E-state index contributed by atoms with van der Waals surface area (Å²) in [5.41, 5.74) is 1.27. The van der Waals surface area contributed by atoms with Crippen LogP contribution in [0.2, 0.25) is 0 Å². The molecule has 2 rings (SSSR count). The third-order valence-corrected chi connectivity index (χ3v) is 4.13. The van der Waals surface area contributed by atoms with Crippen LogP contribution in [0.4, 0.5) is 5.69 Å². The number of amides is 2. The van der Waals surface area contributed by atoms with Crippen molar-refractivity contribution in [2.45, 2.75) is 6.42 Å². The van der Waals surface area contributed by atoms with E-state index >= 15 is 0 Å². The normalized spacial score (nSPS) is 10.1. The molecule has 0 radical (unpaired) electrons. The van der Waals surface area contributed by atoms with E-state index < -0.39 is 0 Å². The molecule has 0 heterocycles. The molecule has 0 fully saturated rings. The van der Waals surface area contributed by atoms with Crippen LogP contribution in [-0.2, 0) is 0 Å². The second-order valence-corrected chi connectivity index (χ2v) is 6.48. The molecular formula is C21H28ClN3O4. The number of para-hydroxylation sites is 1. The van der Waals surface area contributed by atoms with Gasteiger partial charge in [0.1, 0.15) is 0 Å². The molecule has 2 aromatic rings. The molecule has 0 atom stereocenters. The molecule has 7 nitrogen and oxygen atoms in total. The van der Waals surface area contributed by atoms with Gasteiger partial charge in [-0.3, -0.25) is 9.59 Å². The lowest BCUT2D eigenvalue weighted by Crippen LogP contribution is -2.28. The van der Waals surface area contributed by atoms with Crippen LogP contribution in [0.5, 0.6) is 11.5 Å². The molecule has 2 aromatic carbocycles. The molecule has 29 heavy (non-hydrogen) atoms. The number of methoxy groups -OCH3 is 2. The fourth-order valence-corrected chi connectivity index (χ4v) is 2.65. The summed E-state index contributed by atoms with van der Waals surface area (Å²) in [4.78, 5) is 27.2. The van der Waals surface area contributed by atoms with E-state index in [4.69, 9.17) is 9.47 Å². The maximum Gasteiger partial charge on any atom is 0.255 e. The summed E-state index contributed by atoms with van der Waals surface area (Å²) < 4.78 is 10.4. The van der Waals surface area contributed by atoms with Gasteiger partial charge in [0.15, 0.2) is 11.5 Å². The Labute approximate surface area is 177 Å². The van der Waals surface area contributed by atoms with Crippen LogP contribution in [-0.4, -0.2) is 58.1 Å². The van der Waals surface area contributed by atoms with Crippen molar-refractivity contribution in [1.29, 1.82) is 0 Å². The molecule has 0 spiro atoms. The van der Waals surface area contributed by atoms with Gasteiger partial charge in [0, 0.05) is 12.1 Å². The number of hydrogen-bond donors (Lipinski definition) is 2. The summed E-state index contributed by atoms with van der Waals surface area (Å²) in [6.07, 6.45) is 0.846. The molecule has 0 unspecified atom stereocenters. The van der Waals surface area contributed by atoms with Gasteiger partial charge in [0.05, 0.1) is 25.5 Å². The molecule has 0 saturated heterocycles. The summed E-state index contributed by atoms with van der Waals surface area (Å²) in [6.45, 7) is 1.45. The van der Waals surface area contributed by atoms with Crippen molar-refractivity contribution >= 4 is 29.9 Å². The SMILES string of the molecule is COc1ccc(C(=O)Nc2ccccc2C(=O)NCCCN(C)C)cc1OC.Cl. The van der Waals surface area contributed by atoms with Crippen LogP contribution in [0.3, 0.4) is 0 Å². The number of halogens is 1. The second-order valence-electron chi connectivity index (χ2n) is 6.48. The molecule has 2 amide bonds. The maximum atomic E-state index is 12.6. The third kappa shape index (κ3) is 6.96. The van der Waals surface area contributed by atoms with Crippen LogP contribution < -0.4 is 20.1 Å². The number of ether oxygens (including phenoxy) is 2. The lowest BCUT2D eigenvalue weighted by atomic mass is 10.1. The number of anilines is 1. The van der Waals surface area contributed by atoms with Crippen molar-refractivity contribution in [2.24, 2.45) is 0 Å². The summed E-state index contributed by atoms with van der Waals surface area (Å²) in [5, 5.41) is 5.69. The average molecular weight is 422 g/mol. The minimum atomic E-state index is -0.339. The Morgan fingerprint density at radius 2 is 1.66 bits per heavy atom. The molecule has 0 saturated carbocycles. The van der Waals surface area contributed by atoms with Gasteiger partial charge in [-0.15, -0.1) is 12.4 Å². The van der Waals surface area contributed by atoms with E-state index in [1.165, 1.54) is 14.2 Å². The first-order valence-electron chi connectivity index (χ1n) is 9.01. The lowest BCUT2D eigenvalue weighted by molar-refractivity contribution is 0.0953. The van der Waals surface area contributed by atoms with Crippen LogP contribution in [0.1, 0.15) is 27.1 Å². The molecule has 0 aromatic heterocycles. The number of hydrogen-bond acceptors (Lipinski definition) is 5. The van der Waals surface area contributed by atoms with E-state index in [1.54, 1.807) is 42.5 Å². The van der Waals surface area contributed by atoms with Crippen molar-refractivity contribution in [2.75, 3.05) is 46.7 Å². The lowest BCUT2D eigenvalue weighted by Gasteiger charge is -2.13. The fourth-order valence-electron chi connectivity index (χ4n) is 2.65. The molecule has 0 aliphatic heterocycles. The van der Waals surface area contributed by atoms with Crippen molar-refractivity contribution in [3.05, 3.63) is 53.6 Å². The number of carbonyl (C=O) groups is 2. The van der Waals surface area contributed by atoms with Gasteiger partial charge in [0.25, 0.3) is 11.8 Å². The van der Waals surface area contributed by atoms with Crippen LogP contribution in [0.25, 0.3) is 0 Å².